The molecule has 1 N–H and O–H groups in total. The number of aliphatic imine (C=N–C) groups is 1. The number of hydrazone groups is 1. The fraction of sp³-hybridized carbons (Fsp3) is 0.304. The Balaban J connectivity index is 1.42. The maximum absolute atomic E-state index is 12.5. The van der Waals surface area contributed by atoms with Gasteiger partial charge in [-0.15, -0.1) is 0 Å². The van der Waals surface area contributed by atoms with Crippen molar-refractivity contribution in [1.82, 2.24) is 5.43 Å². The van der Waals surface area contributed by atoms with Crippen LogP contribution in [0.3, 0.4) is 0 Å². The van der Waals surface area contributed by atoms with E-state index in [-0.39, 0.29) is 17.6 Å². The van der Waals surface area contributed by atoms with Crippen molar-refractivity contribution in [3.8, 4) is 0 Å². The summed E-state index contributed by atoms with van der Waals surface area (Å²) < 4.78 is 0. The summed E-state index contributed by atoms with van der Waals surface area (Å²) in [6.07, 6.45) is 6.41. The molecule has 158 valence electrons. The molecule has 2 aromatic rings. The second-order valence-corrected chi connectivity index (χ2v) is 7.97. The molecule has 0 unspecified atom stereocenters. The number of fused-ring (bicyclic) bond motifs is 1. The molecular formula is C23H22N4O4. The lowest BCUT2D eigenvalue weighted by molar-refractivity contribution is -0.384. The van der Waals surface area contributed by atoms with Gasteiger partial charge in [0.1, 0.15) is 0 Å². The van der Waals surface area contributed by atoms with Crippen LogP contribution in [0.2, 0.25) is 0 Å². The van der Waals surface area contributed by atoms with E-state index >= 15 is 0 Å². The van der Waals surface area contributed by atoms with Gasteiger partial charge in [-0.25, -0.2) is 5.43 Å². The Morgan fingerprint density at radius 1 is 1.13 bits per heavy atom. The van der Waals surface area contributed by atoms with Crippen molar-refractivity contribution in [2.45, 2.75) is 44.1 Å². The highest BCUT2D eigenvalue weighted by Crippen LogP contribution is 2.40. The summed E-state index contributed by atoms with van der Waals surface area (Å²) >= 11 is 0. The van der Waals surface area contributed by atoms with Gasteiger partial charge >= 0.3 is 5.91 Å². The van der Waals surface area contributed by atoms with Gasteiger partial charge in [0.15, 0.2) is 0 Å². The lowest BCUT2D eigenvalue weighted by atomic mass is 9.82. The molecule has 4 rings (SSSR count). The van der Waals surface area contributed by atoms with Gasteiger partial charge in [-0.2, -0.15) is 5.10 Å². The molecule has 31 heavy (non-hydrogen) atoms. The third-order valence-corrected chi connectivity index (χ3v) is 5.82. The van der Waals surface area contributed by atoms with Gasteiger partial charge in [0, 0.05) is 12.1 Å². The van der Waals surface area contributed by atoms with E-state index in [2.05, 4.69) is 16.6 Å². The number of Topliss-reactive ketones (excluding diaryl/α,β-unsaturated/α-hetero) is 1. The first-order valence-electron chi connectivity index (χ1n) is 10.2. The zero-order valence-corrected chi connectivity index (χ0v) is 16.9. The number of nitrogens with one attached hydrogen (secondary N) is 1. The number of carbonyl (C=O) groups is 2. The number of rotatable bonds is 6. The summed E-state index contributed by atoms with van der Waals surface area (Å²) in [4.78, 5) is 39.9. The van der Waals surface area contributed by atoms with Gasteiger partial charge in [-0.1, -0.05) is 37.1 Å². The number of non-ortho nitro benzene ring substituents is 1. The van der Waals surface area contributed by atoms with Gasteiger partial charge in [0.2, 0.25) is 5.78 Å². The van der Waals surface area contributed by atoms with Crippen molar-refractivity contribution < 1.29 is 14.5 Å². The van der Waals surface area contributed by atoms with Crippen LogP contribution < -0.4 is 5.43 Å². The maximum atomic E-state index is 12.5. The van der Waals surface area contributed by atoms with E-state index in [9.17, 15) is 19.7 Å². The number of hydrogen-bond acceptors (Lipinski definition) is 6. The Labute approximate surface area is 179 Å². The van der Waals surface area contributed by atoms with Crippen LogP contribution in [0.1, 0.15) is 48.8 Å². The molecule has 1 aliphatic heterocycles. The van der Waals surface area contributed by atoms with Crippen LogP contribution >= 0.6 is 0 Å². The topological polar surface area (TPSA) is 114 Å². The summed E-state index contributed by atoms with van der Waals surface area (Å²) in [5.74, 6) is -1.42. The number of carbonyl (C=O) groups excluding carboxylic acids is 2. The number of nitro groups is 1. The van der Waals surface area contributed by atoms with Crippen LogP contribution in [0.4, 0.5) is 5.69 Å². The molecule has 1 aliphatic carbocycles. The van der Waals surface area contributed by atoms with Crippen molar-refractivity contribution in [3.05, 3.63) is 75.3 Å². The summed E-state index contributed by atoms with van der Waals surface area (Å²) in [5, 5.41) is 14.5. The summed E-state index contributed by atoms with van der Waals surface area (Å²) in [6, 6.07) is 13.6. The largest absolute Gasteiger partial charge is 0.307 e. The number of nitro benzene ring substituents is 1. The first kappa shape index (κ1) is 20.6. The normalized spacial score (nSPS) is 16.7. The summed E-state index contributed by atoms with van der Waals surface area (Å²) in [5.41, 5.74) is 5.41. The minimum Gasteiger partial charge on any atom is -0.288 e. The fourth-order valence-electron chi connectivity index (χ4n) is 4.30. The predicted octanol–water partition coefficient (Wildman–Crippen LogP) is 3.36. The molecule has 1 fully saturated rings. The molecule has 0 radical (unpaired) electrons. The van der Waals surface area contributed by atoms with E-state index in [1.165, 1.54) is 36.0 Å². The van der Waals surface area contributed by atoms with Crippen molar-refractivity contribution in [2.24, 2.45) is 10.1 Å². The Morgan fingerprint density at radius 2 is 1.84 bits per heavy atom. The Bertz CT molecular complexity index is 1080. The zero-order chi connectivity index (χ0) is 21.8. The molecular weight excluding hydrogens is 396 g/mol. The highest BCUT2D eigenvalue weighted by molar-refractivity contribution is 6.40. The van der Waals surface area contributed by atoms with Gasteiger partial charge in [-0.05, 0) is 48.1 Å². The van der Waals surface area contributed by atoms with Gasteiger partial charge in [-0.3, -0.25) is 24.7 Å². The predicted molar refractivity (Wildman–Crippen MR) is 116 cm³/mol. The minimum absolute atomic E-state index is 0.0371. The van der Waals surface area contributed by atoms with Crippen LogP contribution in [0, 0.1) is 10.1 Å². The lowest BCUT2D eigenvalue weighted by Gasteiger charge is -2.32. The number of hydrogen-bond donors (Lipinski definition) is 1. The maximum Gasteiger partial charge on any atom is 0.307 e. The van der Waals surface area contributed by atoms with Gasteiger partial charge in [0.05, 0.1) is 28.8 Å². The Kier molecular flexibility index (Phi) is 5.70. The van der Waals surface area contributed by atoms with E-state index in [0.29, 0.717) is 11.3 Å². The molecule has 1 spiro atoms. The first-order chi connectivity index (χ1) is 15.0. The second kappa shape index (κ2) is 8.59. The average Bonchev–Trinajstić information content (AvgIpc) is 3.21. The number of nitrogens with zero attached hydrogens (tertiary/aromatic N) is 3. The second-order valence-electron chi connectivity index (χ2n) is 7.97. The van der Waals surface area contributed by atoms with E-state index in [4.69, 9.17) is 4.99 Å². The fourth-order valence-corrected chi connectivity index (χ4v) is 4.30. The number of ketones is 1. The Morgan fingerprint density at radius 3 is 2.55 bits per heavy atom. The minimum atomic E-state index is -0.815. The van der Waals surface area contributed by atoms with Gasteiger partial charge < -0.3 is 0 Å². The molecule has 1 saturated carbocycles. The highest BCUT2D eigenvalue weighted by atomic mass is 16.6. The quantitative estimate of drug-likeness (QED) is 0.335. The van der Waals surface area contributed by atoms with Gasteiger partial charge in [0.25, 0.3) is 5.69 Å². The van der Waals surface area contributed by atoms with E-state index < -0.39 is 16.6 Å². The molecule has 1 heterocycles. The van der Waals surface area contributed by atoms with Crippen LogP contribution in [-0.2, 0) is 16.0 Å². The molecule has 8 heteroatoms. The average molecular weight is 418 g/mol. The molecule has 0 aromatic heterocycles. The van der Waals surface area contributed by atoms with Crippen LogP contribution in [0.25, 0.3) is 0 Å². The molecule has 2 aliphatic rings. The molecule has 0 bridgehead atoms. The van der Waals surface area contributed by atoms with E-state index in [1.54, 1.807) is 0 Å². The van der Waals surface area contributed by atoms with Crippen molar-refractivity contribution >= 4 is 29.3 Å². The van der Waals surface area contributed by atoms with Crippen LogP contribution in [0.15, 0.2) is 58.6 Å². The first-order valence-corrected chi connectivity index (χ1v) is 10.2. The third kappa shape index (κ3) is 4.58. The molecule has 0 atom stereocenters. The van der Waals surface area contributed by atoms with Crippen molar-refractivity contribution in [1.29, 1.82) is 0 Å². The lowest BCUT2D eigenvalue weighted by Crippen LogP contribution is -2.35. The molecule has 8 nitrogen and oxygen atoms in total. The van der Waals surface area contributed by atoms with Crippen LogP contribution in [-0.4, -0.2) is 34.1 Å². The van der Waals surface area contributed by atoms with Crippen molar-refractivity contribution in [3.63, 3.8) is 0 Å². The van der Waals surface area contributed by atoms with E-state index in [0.717, 1.165) is 37.7 Å². The summed E-state index contributed by atoms with van der Waals surface area (Å²) in [6.45, 7) is 0. The number of amides is 1. The zero-order valence-electron chi connectivity index (χ0n) is 16.9. The Hall–Kier alpha value is -3.68. The van der Waals surface area contributed by atoms with E-state index in [1.807, 2.05) is 18.2 Å². The highest BCUT2D eigenvalue weighted by Gasteiger charge is 2.38. The summed E-state index contributed by atoms with van der Waals surface area (Å²) in [7, 11) is 0. The molecule has 0 saturated heterocycles. The molecule has 1 amide bonds. The third-order valence-electron chi connectivity index (χ3n) is 5.82. The smallest absolute Gasteiger partial charge is 0.288 e. The van der Waals surface area contributed by atoms with Crippen LogP contribution in [0.5, 0.6) is 0 Å². The molecule has 2 aromatic carbocycles. The number of benzene rings is 2. The van der Waals surface area contributed by atoms with Crippen molar-refractivity contribution in [2.75, 3.05) is 0 Å². The SMILES string of the molecule is O=C(CC1=NC2(CCCC2)Cc2ccccc21)C(=O)N/N=C\c1ccc([N+](=O)[O-])cc1. The monoisotopic (exact) mass is 418 g/mol. The standard InChI is InChI=1S/C23H22N4O4/c28-21(22(29)26-24-15-16-7-9-18(10-8-16)27(30)31)13-20-19-6-2-1-5-17(19)14-23(25-20)11-3-4-12-23/h1-2,5-10,15H,3-4,11-14H2,(H,26,29)/b24-15-.